The molecule has 3 rings (SSSR count). The number of hydrogen-bond donors (Lipinski definition) is 2. The average Bonchev–Trinajstić information content (AvgIpc) is 2.48. The summed E-state index contributed by atoms with van der Waals surface area (Å²) in [6.45, 7) is 6.81. The summed E-state index contributed by atoms with van der Waals surface area (Å²) in [6.07, 6.45) is 1.76. The van der Waals surface area contributed by atoms with Crippen molar-refractivity contribution < 1.29 is 9.53 Å². The van der Waals surface area contributed by atoms with Crippen molar-refractivity contribution in [2.45, 2.75) is 32.7 Å². The molecule has 4 heteroatoms. The lowest BCUT2D eigenvalue weighted by molar-refractivity contribution is -0.128. The van der Waals surface area contributed by atoms with Gasteiger partial charge in [0.1, 0.15) is 12.4 Å². The van der Waals surface area contributed by atoms with Crippen molar-refractivity contribution in [3.8, 4) is 5.75 Å². The number of rotatable bonds is 2. The summed E-state index contributed by atoms with van der Waals surface area (Å²) >= 11 is 0. The molecule has 1 saturated heterocycles. The van der Waals surface area contributed by atoms with Crippen LogP contribution in [0.2, 0.25) is 0 Å². The Labute approximate surface area is 126 Å². The molecule has 1 fully saturated rings. The minimum Gasteiger partial charge on any atom is -0.492 e. The molecule has 0 bridgehead atoms. The first-order valence-corrected chi connectivity index (χ1v) is 7.78. The highest BCUT2D eigenvalue weighted by Gasteiger charge is 2.35. The van der Waals surface area contributed by atoms with Crippen LogP contribution in [-0.4, -0.2) is 31.6 Å². The van der Waals surface area contributed by atoms with Crippen LogP contribution < -0.4 is 15.4 Å². The van der Waals surface area contributed by atoms with E-state index in [2.05, 4.69) is 24.5 Å². The van der Waals surface area contributed by atoms with Crippen molar-refractivity contribution in [2.75, 3.05) is 19.7 Å². The predicted molar refractivity (Wildman–Crippen MR) is 82.3 cm³/mol. The van der Waals surface area contributed by atoms with Crippen molar-refractivity contribution in [3.63, 3.8) is 0 Å². The molecular formula is C17H24N2O2. The Morgan fingerprint density at radius 1 is 1.38 bits per heavy atom. The minimum absolute atomic E-state index is 0.0782. The second-order valence-electron chi connectivity index (χ2n) is 6.83. The van der Waals surface area contributed by atoms with E-state index in [0.29, 0.717) is 6.61 Å². The van der Waals surface area contributed by atoms with Crippen LogP contribution in [0.1, 0.15) is 25.8 Å². The van der Waals surface area contributed by atoms with E-state index in [9.17, 15) is 4.79 Å². The third kappa shape index (κ3) is 3.05. The lowest BCUT2D eigenvalue weighted by atomic mass is 9.79. The largest absolute Gasteiger partial charge is 0.492 e. The Kier molecular flexibility index (Phi) is 3.89. The molecule has 1 amide bonds. The van der Waals surface area contributed by atoms with E-state index < -0.39 is 0 Å². The molecule has 2 heterocycles. The zero-order valence-corrected chi connectivity index (χ0v) is 12.8. The molecule has 21 heavy (non-hydrogen) atoms. The third-order valence-electron chi connectivity index (χ3n) is 4.70. The molecule has 1 aromatic rings. The van der Waals surface area contributed by atoms with Gasteiger partial charge in [-0.15, -0.1) is 0 Å². The number of ether oxygens (including phenoxy) is 1. The molecule has 2 aliphatic rings. The topological polar surface area (TPSA) is 50.4 Å². The van der Waals surface area contributed by atoms with Crippen LogP contribution in [0.4, 0.5) is 0 Å². The number of nitrogens with one attached hydrogen (secondary N) is 2. The summed E-state index contributed by atoms with van der Waals surface area (Å²) in [7, 11) is 0. The average molecular weight is 288 g/mol. The van der Waals surface area contributed by atoms with Gasteiger partial charge in [-0.2, -0.15) is 0 Å². The van der Waals surface area contributed by atoms with E-state index in [1.54, 1.807) is 0 Å². The maximum absolute atomic E-state index is 12.6. The van der Waals surface area contributed by atoms with Gasteiger partial charge in [0.05, 0.1) is 5.92 Å². The van der Waals surface area contributed by atoms with Crippen molar-refractivity contribution >= 4 is 5.91 Å². The summed E-state index contributed by atoms with van der Waals surface area (Å²) in [5.74, 6) is 0.971. The molecule has 0 saturated carbocycles. The summed E-state index contributed by atoms with van der Waals surface area (Å²) in [6, 6.07) is 8.22. The number of carbonyl (C=O) groups is 1. The molecule has 0 spiro atoms. The van der Waals surface area contributed by atoms with Crippen LogP contribution in [0.5, 0.6) is 5.75 Å². The molecule has 2 N–H and O–H groups in total. The monoisotopic (exact) mass is 288 g/mol. The Morgan fingerprint density at radius 2 is 2.19 bits per heavy atom. The Morgan fingerprint density at radius 3 is 3.00 bits per heavy atom. The minimum atomic E-state index is -0.0782. The lowest BCUT2D eigenvalue weighted by Gasteiger charge is -2.40. The fraction of sp³-hybridized carbons (Fsp3) is 0.588. The van der Waals surface area contributed by atoms with Gasteiger partial charge in [-0.25, -0.2) is 0 Å². The van der Waals surface area contributed by atoms with E-state index in [-0.39, 0.29) is 23.3 Å². The molecule has 1 aromatic carbocycles. The summed E-state index contributed by atoms with van der Waals surface area (Å²) < 4.78 is 5.73. The van der Waals surface area contributed by atoms with Crippen molar-refractivity contribution in [1.82, 2.24) is 10.6 Å². The quantitative estimate of drug-likeness (QED) is 0.871. The first-order valence-electron chi connectivity index (χ1n) is 7.78. The van der Waals surface area contributed by atoms with Crippen molar-refractivity contribution in [3.05, 3.63) is 29.8 Å². The second kappa shape index (κ2) is 5.68. The van der Waals surface area contributed by atoms with Gasteiger partial charge in [0.2, 0.25) is 5.91 Å². The van der Waals surface area contributed by atoms with Crippen LogP contribution in [-0.2, 0) is 11.2 Å². The maximum Gasteiger partial charge on any atom is 0.227 e. The number of para-hydroxylation sites is 1. The van der Waals surface area contributed by atoms with E-state index in [1.165, 1.54) is 0 Å². The normalized spacial score (nSPS) is 27.3. The van der Waals surface area contributed by atoms with Crippen LogP contribution >= 0.6 is 0 Å². The van der Waals surface area contributed by atoms with Crippen molar-refractivity contribution in [1.29, 1.82) is 0 Å². The zero-order chi connectivity index (χ0) is 14.9. The molecule has 0 radical (unpaired) electrons. The summed E-state index contributed by atoms with van der Waals surface area (Å²) in [5, 5.41) is 6.65. The highest BCUT2D eigenvalue weighted by Crippen LogP contribution is 2.29. The Bertz CT molecular complexity index is 527. The number of fused-ring (bicyclic) bond motifs is 1. The lowest BCUT2D eigenvalue weighted by Crippen LogP contribution is -2.56. The highest BCUT2D eigenvalue weighted by atomic mass is 16.5. The van der Waals surface area contributed by atoms with Gasteiger partial charge in [-0.1, -0.05) is 32.0 Å². The number of amides is 1. The van der Waals surface area contributed by atoms with E-state index in [0.717, 1.165) is 37.2 Å². The van der Waals surface area contributed by atoms with Crippen molar-refractivity contribution in [2.24, 2.45) is 11.3 Å². The molecule has 0 aromatic heterocycles. The summed E-state index contributed by atoms with van der Waals surface area (Å²) in [5.41, 5.74) is 1.23. The van der Waals surface area contributed by atoms with Crippen LogP contribution in [0.25, 0.3) is 0 Å². The van der Waals surface area contributed by atoms with Gasteiger partial charge < -0.3 is 15.4 Å². The number of carbonyl (C=O) groups excluding carboxylic acids is 1. The second-order valence-corrected chi connectivity index (χ2v) is 6.83. The van der Waals surface area contributed by atoms with Gasteiger partial charge in [0.15, 0.2) is 0 Å². The maximum atomic E-state index is 12.6. The van der Waals surface area contributed by atoms with E-state index in [1.807, 2.05) is 24.3 Å². The van der Waals surface area contributed by atoms with E-state index >= 15 is 0 Å². The molecule has 0 aliphatic carbocycles. The molecule has 114 valence electrons. The molecule has 2 unspecified atom stereocenters. The standard InChI is InChI=1S/C17H24N2O2/c1-17(2)11-18-8-7-15(17)19-16(20)13-9-12-5-3-4-6-14(12)21-10-13/h3-6,13,15,18H,7-11H2,1-2H3,(H,19,20). The smallest absolute Gasteiger partial charge is 0.227 e. The third-order valence-corrected chi connectivity index (χ3v) is 4.70. The fourth-order valence-corrected chi connectivity index (χ4v) is 3.22. The van der Waals surface area contributed by atoms with Gasteiger partial charge in [0.25, 0.3) is 0 Å². The fourth-order valence-electron chi connectivity index (χ4n) is 3.22. The first kappa shape index (κ1) is 14.4. The predicted octanol–water partition coefficient (Wildman–Crippen LogP) is 1.74. The van der Waals surface area contributed by atoms with Crippen LogP contribution in [0.15, 0.2) is 24.3 Å². The SMILES string of the molecule is CC1(C)CNCCC1NC(=O)C1COc2ccccc2C1. The summed E-state index contributed by atoms with van der Waals surface area (Å²) in [4.78, 5) is 12.6. The zero-order valence-electron chi connectivity index (χ0n) is 12.8. The molecular weight excluding hydrogens is 264 g/mol. The highest BCUT2D eigenvalue weighted by molar-refractivity contribution is 5.80. The number of hydrogen-bond acceptors (Lipinski definition) is 3. The Balaban J connectivity index is 1.64. The van der Waals surface area contributed by atoms with Gasteiger partial charge >= 0.3 is 0 Å². The Hall–Kier alpha value is -1.55. The molecule has 2 atom stereocenters. The number of benzene rings is 1. The molecule has 2 aliphatic heterocycles. The van der Waals surface area contributed by atoms with Crippen LogP contribution in [0, 0.1) is 11.3 Å². The van der Waals surface area contributed by atoms with Gasteiger partial charge in [-0.3, -0.25) is 4.79 Å². The molecule has 4 nitrogen and oxygen atoms in total. The first-order chi connectivity index (χ1) is 10.1. The van der Waals surface area contributed by atoms with Gasteiger partial charge in [-0.05, 0) is 36.4 Å². The van der Waals surface area contributed by atoms with Gasteiger partial charge in [0, 0.05) is 12.6 Å². The van der Waals surface area contributed by atoms with Crippen LogP contribution in [0.3, 0.4) is 0 Å². The number of piperidine rings is 1. The van der Waals surface area contributed by atoms with E-state index in [4.69, 9.17) is 4.74 Å².